The first-order valence-electron chi connectivity index (χ1n) is 9.50. The number of benzene rings is 3. The van der Waals surface area contributed by atoms with Crippen molar-refractivity contribution >= 4 is 57.0 Å². The number of aromatic nitrogens is 1. The van der Waals surface area contributed by atoms with E-state index in [0.717, 1.165) is 11.2 Å². The summed E-state index contributed by atoms with van der Waals surface area (Å²) in [6.45, 7) is 6.22. The minimum Gasteiger partial charge on any atom is -0.398 e. The number of fused-ring (bicyclic) bond motifs is 3. The average molecular weight is 481 g/mol. The number of rotatable bonds is 2. The monoisotopic (exact) mass is 481 g/mol. The highest BCUT2D eigenvalue weighted by atomic mass is 127. The van der Waals surface area contributed by atoms with Gasteiger partial charge >= 0.3 is 7.12 Å². The van der Waals surface area contributed by atoms with Crippen molar-refractivity contribution in [3.63, 3.8) is 0 Å². The van der Waals surface area contributed by atoms with Crippen LogP contribution in [0.2, 0.25) is 0 Å². The molecule has 1 atom stereocenters. The summed E-state index contributed by atoms with van der Waals surface area (Å²) in [5, 5.41) is 2.54. The van der Waals surface area contributed by atoms with E-state index in [1.165, 1.54) is 21.8 Å². The smallest absolute Gasteiger partial charge is 0.398 e. The second-order valence-corrected chi connectivity index (χ2v) is 10.0. The van der Waals surface area contributed by atoms with Crippen molar-refractivity contribution in [2.45, 2.75) is 30.0 Å². The lowest BCUT2D eigenvalue weighted by Crippen LogP contribution is -2.38. The van der Waals surface area contributed by atoms with E-state index < -0.39 is 0 Å². The lowest BCUT2D eigenvalue weighted by molar-refractivity contribution is 0.0726. The summed E-state index contributed by atoms with van der Waals surface area (Å²) in [7, 11) is -0.343. The number of hydrogen-bond acceptors (Lipinski definition) is 2. The quantitative estimate of drug-likeness (QED) is 0.216. The third-order valence-electron chi connectivity index (χ3n) is 5.81. The van der Waals surface area contributed by atoms with Crippen LogP contribution in [0.5, 0.6) is 0 Å². The Morgan fingerprint density at radius 2 is 1.29 bits per heavy atom. The summed E-state index contributed by atoms with van der Waals surface area (Å²) in [5.74, 6) is 0. The van der Waals surface area contributed by atoms with E-state index in [1.807, 2.05) is 0 Å². The zero-order valence-corrected chi connectivity index (χ0v) is 18.3. The second-order valence-electron chi connectivity index (χ2n) is 7.96. The number of hydrogen-bond donors (Lipinski definition) is 0. The molecule has 0 radical (unpaired) electrons. The summed E-state index contributed by atoms with van der Waals surface area (Å²) in [4.78, 5) is 0. The molecule has 1 aliphatic rings. The Kier molecular flexibility index (Phi) is 4.13. The molecule has 1 aliphatic heterocycles. The van der Waals surface area contributed by atoms with Gasteiger partial charge in [0, 0.05) is 16.5 Å². The first-order chi connectivity index (χ1) is 13.4. The molecule has 1 saturated heterocycles. The van der Waals surface area contributed by atoms with Crippen LogP contribution in [0, 0.1) is 0 Å². The predicted molar refractivity (Wildman–Crippen MR) is 125 cm³/mol. The molecular weight excluding hydrogens is 460 g/mol. The Morgan fingerprint density at radius 3 is 1.79 bits per heavy atom. The van der Waals surface area contributed by atoms with Gasteiger partial charge < -0.3 is 13.9 Å². The maximum Gasteiger partial charge on any atom is 0.495 e. The van der Waals surface area contributed by atoms with E-state index in [4.69, 9.17) is 9.31 Å². The number of halogens is 1. The van der Waals surface area contributed by atoms with Gasteiger partial charge in [0.25, 0.3) is 0 Å². The first-order valence-corrected chi connectivity index (χ1v) is 10.6. The Hall–Kier alpha value is -1.83. The molecule has 1 aromatic heterocycles. The normalized spacial score (nSPS) is 21.6. The van der Waals surface area contributed by atoms with E-state index in [0.29, 0.717) is 0 Å². The number of alkyl halides is 1. The van der Waals surface area contributed by atoms with Gasteiger partial charge in [-0.3, -0.25) is 0 Å². The van der Waals surface area contributed by atoms with Crippen LogP contribution in [-0.4, -0.2) is 20.9 Å². The molecule has 1 unspecified atom stereocenters. The van der Waals surface area contributed by atoms with E-state index in [2.05, 4.69) is 121 Å². The lowest BCUT2D eigenvalue weighted by atomic mass is 9.79. The van der Waals surface area contributed by atoms with E-state index in [1.54, 1.807) is 0 Å². The van der Waals surface area contributed by atoms with Crippen LogP contribution in [0.25, 0.3) is 27.5 Å². The number of nitrogens with zero attached hydrogens (tertiary/aromatic N) is 1. The molecule has 4 aromatic rings. The van der Waals surface area contributed by atoms with Gasteiger partial charge in [-0.15, -0.1) is 0 Å². The van der Waals surface area contributed by atoms with E-state index in [9.17, 15) is 0 Å². The zero-order chi connectivity index (χ0) is 19.5. The molecule has 1 fully saturated rings. The van der Waals surface area contributed by atoms with E-state index in [-0.39, 0.29) is 16.3 Å². The molecule has 3 nitrogen and oxygen atoms in total. The van der Waals surface area contributed by atoms with Gasteiger partial charge in [0.1, 0.15) is 3.61 Å². The molecule has 0 N–H and O–H groups in total. The Morgan fingerprint density at radius 1 is 0.750 bits per heavy atom. The average Bonchev–Trinajstić information content (AvgIpc) is 3.12. The highest BCUT2D eigenvalue weighted by Crippen LogP contribution is 2.42. The van der Waals surface area contributed by atoms with Crippen molar-refractivity contribution in [2.24, 2.45) is 0 Å². The van der Waals surface area contributed by atoms with Crippen LogP contribution in [-0.2, 0) is 9.31 Å². The third-order valence-corrected chi connectivity index (χ3v) is 7.36. The fraction of sp³-hybridized carbons (Fsp3) is 0.217. The van der Waals surface area contributed by atoms with Crippen LogP contribution < -0.4 is 5.46 Å². The minimum absolute atomic E-state index is 0.343. The molecule has 5 rings (SSSR count). The maximum absolute atomic E-state index is 6.18. The van der Waals surface area contributed by atoms with Crippen molar-refractivity contribution in [1.82, 2.24) is 4.57 Å². The molecule has 0 spiro atoms. The zero-order valence-electron chi connectivity index (χ0n) is 16.1. The summed E-state index contributed by atoms with van der Waals surface area (Å²) in [5.41, 5.74) is 4.26. The van der Waals surface area contributed by atoms with Gasteiger partial charge in [0.05, 0.1) is 16.6 Å². The molecule has 2 heterocycles. The highest BCUT2D eigenvalue weighted by Gasteiger charge is 2.53. The molecule has 0 saturated carbocycles. The summed E-state index contributed by atoms with van der Waals surface area (Å²) in [6, 6.07) is 25.6. The molecular formula is C23H21BINO2. The lowest BCUT2D eigenvalue weighted by Gasteiger charge is -2.30. The van der Waals surface area contributed by atoms with Crippen molar-refractivity contribution < 1.29 is 9.31 Å². The fourth-order valence-corrected chi connectivity index (χ4v) is 4.22. The molecule has 0 amide bonds. The molecule has 28 heavy (non-hydrogen) atoms. The largest absolute Gasteiger partial charge is 0.495 e. The van der Waals surface area contributed by atoms with Crippen molar-refractivity contribution in [3.8, 4) is 5.69 Å². The van der Waals surface area contributed by atoms with Gasteiger partial charge in [0.2, 0.25) is 0 Å². The Balaban J connectivity index is 1.59. The maximum atomic E-state index is 6.18. The fourth-order valence-electron chi connectivity index (χ4n) is 3.86. The highest BCUT2D eigenvalue weighted by molar-refractivity contribution is 14.1. The van der Waals surface area contributed by atoms with Gasteiger partial charge in [-0.2, -0.15) is 0 Å². The Labute approximate surface area is 178 Å². The van der Waals surface area contributed by atoms with Crippen molar-refractivity contribution in [3.05, 3.63) is 72.8 Å². The Bertz CT molecular complexity index is 1110. The van der Waals surface area contributed by atoms with Gasteiger partial charge in [0.15, 0.2) is 0 Å². The van der Waals surface area contributed by atoms with Crippen LogP contribution in [0.15, 0.2) is 72.8 Å². The van der Waals surface area contributed by atoms with Crippen molar-refractivity contribution in [1.29, 1.82) is 0 Å². The molecule has 0 bridgehead atoms. The molecule has 5 heteroatoms. The predicted octanol–water partition coefficient (Wildman–Crippen LogP) is 5.46. The third kappa shape index (κ3) is 2.71. The van der Waals surface area contributed by atoms with Gasteiger partial charge in [-0.05, 0) is 73.1 Å². The summed E-state index contributed by atoms with van der Waals surface area (Å²) in [6.07, 6.45) is 0. The topological polar surface area (TPSA) is 23.4 Å². The standard InChI is InChI=1S/C23H21BINO2/c1-22(2)23(3,25)28-24(27-22)16-12-14-17(15-13-16)26-20-10-6-4-8-18(20)19-9-5-7-11-21(19)26/h4-15H,1-3H3. The van der Waals surface area contributed by atoms with Gasteiger partial charge in [-0.25, -0.2) is 0 Å². The first kappa shape index (κ1) is 18.2. The second kappa shape index (κ2) is 6.34. The van der Waals surface area contributed by atoms with Crippen LogP contribution in [0.4, 0.5) is 0 Å². The van der Waals surface area contributed by atoms with Gasteiger partial charge in [-0.1, -0.05) is 48.5 Å². The molecule has 3 aromatic carbocycles. The molecule has 140 valence electrons. The SMILES string of the molecule is CC1(C)OB(c2ccc(-n3c4ccccc4c4ccccc43)cc2)OC1(C)I. The van der Waals surface area contributed by atoms with E-state index >= 15 is 0 Å². The van der Waals surface area contributed by atoms with Crippen LogP contribution >= 0.6 is 22.6 Å². The summed E-state index contributed by atoms with van der Waals surface area (Å²) < 4.78 is 14.3. The molecule has 0 aliphatic carbocycles. The minimum atomic E-state index is -0.360. The number of para-hydroxylation sites is 2. The van der Waals surface area contributed by atoms with Crippen LogP contribution in [0.3, 0.4) is 0 Å². The van der Waals surface area contributed by atoms with Crippen LogP contribution in [0.1, 0.15) is 20.8 Å². The van der Waals surface area contributed by atoms with Crippen molar-refractivity contribution in [2.75, 3.05) is 0 Å². The summed E-state index contributed by atoms with van der Waals surface area (Å²) >= 11 is 2.33.